The van der Waals surface area contributed by atoms with E-state index in [0.717, 1.165) is 11.1 Å². The van der Waals surface area contributed by atoms with Crippen LogP contribution in [0.2, 0.25) is 0 Å². The van der Waals surface area contributed by atoms with Gasteiger partial charge >= 0.3 is 0 Å². The standard InChI is InChI=1S/C18H22.2Y/c1-17(2,3)13-11-15-7-9-16(10-8-15)12-14-18(4,5)6;;/h7,10-12H,1-6H3;;/q-4;;. The van der Waals surface area contributed by atoms with Crippen molar-refractivity contribution in [3.63, 3.8) is 0 Å². The molecule has 0 amide bonds. The fraction of sp³-hybridized carbons (Fsp3) is 0.444. The number of hydrogen-bond acceptors (Lipinski definition) is 0. The minimum atomic E-state index is 0. The van der Waals surface area contributed by atoms with Crippen molar-refractivity contribution in [1.82, 2.24) is 0 Å². The van der Waals surface area contributed by atoms with E-state index >= 15 is 0 Å². The molecule has 2 heteroatoms. The SMILES string of the molecule is CC(C)(C)[C-]=Cc1[c-]cc(C=[C-]C(C)(C)C)[c-]c1.[Y].[Y]. The zero-order valence-corrected chi connectivity index (χ0v) is 19.1. The van der Waals surface area contributed by atoms with E-state index in [0.29, 0.717) is 0 Å². The Morgan fingerprint density at radius 2 is 1.05 bits per heavy atom. The Morgan fingerprint density at radius 3 is 1.25 bits per heavy atom. The first-order chi connectivity index (χ1) is 8.16. The summed E-state index contributed by atoms with van der Waals surface area (Å²) in [7, 11) is 0. The predicted octanol–water partition coefficient (Wildman–Crippen LogP) is 5.01. The molecule has 1 aromatic rings. The molecule has 0 saturated carbocycles. The second-order valence-electron chi connectivity index (χ2n) is 6.57. The molecule has 0 fully saturated rings. The Labute approximate surface area is 175 Å². The molecular weight excluding hydrogens is 394 g/mol. The molecule has 0 bridgehead atoms. The number of benzene rings is 1. The van der Waals surface area contributed by atoms with Gasteiger partial charge < -0.3 is 23.8 Å². The molecule has 0 N–H and O–H groups in total. The third-order valence-corrected chi connectivity index (χ3v) is 2.11. The zero-order valence-electron chi connectivity index (χ0n) is 13.5. The van der Waals surface area contributed by atoms with Gasteiger partial charge in [-0.25, -0.2) is 6.07 Å². The summed E-state index contributed by atoms with van der Waals surface area (Å²) < 4.78 is 0. The minimum absolute atomic E-state index is 0. The Balaban J connectivity index is 0. The second-order valence-corrected chi connectivity index (χ2v) is 6.57. The Hall–Kier alpha value is 0.908. The summed E-state index contributed by atoms with van der Waals surface area (Å²) >= 11 is 0. The smallest absolute Gasteiger partial charge is 0 e. The largest absolute Gasteiger partial charge is 0.323 e. The molecule has 0 unspecified atom stereocenters. The first-order valence-electron chi connectivity index (χ1n) is 6.31. The van der Waals surface area contributed by atoms with Gasteiger partial charge in [0.25, 0.3) is 0 Å². The van der Waals surface area contributed by atoms with Crippen LogP contribution in [0.5, 0.6) is 0 Å². The molecule has 0 aliphatic rings. The van der Waals surface area contributed by atoms with Gasteiger partial charge in [-0.3, -0.25) is 29.8 Å². The van der Waals surface area contributed by atoms with Crippen molar-refractivity contribution in [1.29, 1.82) is 0 Å². The van der Waals surface area contributed by atoms with Gasteiger partial charge in [0.15, 0.2) is 0 Å². The molecule has 0 atom stereocenters. The summed E-state index contributed by atoms with van der Waals surface area (Å²) in [6, 6.07) is 10.3. The van der Waals surface area contributed by atoms with Crippen LogP contribution in [0.4, 0.5) is 0 Å². The normalized spacial score (nSPS) is 12.3. The molecule has 104 valence electrons. The van der Waals surface area contributed by atoms with Crippen molar-refractivity contribution in [3.8, 4) is 0 Å². The van der Waals surface area contributed by atoms with Crippen LogP contribution in [0.15, 0.2) is 12.1 Å². The molecule has 2 radical (unpaired) electrons. The maximum absolute atomic E-state index is 3.31. The second kappa shape index (κ2) is 9.83. The van der Waals surface area contributed by atoms with E-state index in [1.54, 1.807) is 0 Å². The summed E-state index contributed by atoms with van der Waals surface area (Å²) in [5.41, 5.74) is 2.18. The van der Waals surface area contributed by atoms with Crippen LogP contribution in [0.1, 0.15) is 52.7 Å². The quantitative estimate of drug-likeness (QED) is 0.595. The maximum atomic E-state index is 3.31. The molecule has 0 aliphatic heterocycles. The van der Waals surface area contributed by atoms with Gasteiger partial charge in [0, 0.05) is 65.4 Å². The van der Waals surface area contributed by atoms with E-state index < -0.39 is 0 Å². The van der Waals surface area contributed by atoms with Crippen LogP contribution >= 0.6 is 0 Å². The Kier molecular flexibility index (Phi) is 11.4. The molecule has 1 aromatic carbocycles. The van der Waals surface area contributed by atoms with Gasteiger partial charge in [0.1, 0.15) is 0 Å². The van der Waals surface area contributed by atoms with Crippen molar-refractivity contribution in [2.24, 2.45) is 10.8 Å². The molecule has 1 rings (SSSR count). The first-order valence-corrected chi connectivity index (χ1v) is 6.31. The van der Waals surface area contributed by atoms with Gasteiger partial charge in [0.2, 0.25) is 0 Å². The predicted molar refractivity (Wildman–Crippen MR) is 78.4 cm³/mol. The van der Waals surface area contributed by atoms with Gasteiger partial charge in [0.05, 0.1) is 0 Å². The molecule has 0 aliphatic carbocycles. The molecule has 0 saturated heterocycles. The fourth-order valence-electron chi connectivity index (χ4n) is 1.16. The van der Waals surface area contributed by atoms with Crippen molar-refractivity contribution < 1.29 is 65.4 Å². The molecule has 0 nitrogen and oxygen atoms in total. The van der Waals surface area contributed by atoms with Crippen LogP contribution in [-0.4, -0.2) is 0 Å². The monoisotopic (exact) mass is 416 g/mol. The van der Waals surface area contributed by atoms with Crippen LogP contribution < -0.4 is 0 Å². The first kappa shape index (κ1) is 23.2. The fourth-order valence-corrected chi connectivity index (χ4v) is 1.16. The summed E-state index contributed by atoms with van der Waals surface area (Å²) in [6.45, 7) is 12.8. The van der Waals surface area contributed by atoms with Crippen molar-refractivity contribution >= 4 is 12.2 Å². The molecule has 0 spiro atoms. The molecule has 0 aromatic heterocycles. The van der Waals surface area contributed by atoms with E-state index in [1.165, 1.54) is 0 Å². The van der Waals surface area contributed by atoms with Gasteiger partial charge in [-0.05, 0) is 0 Å². The number of hydrogen-bond donors (Lipinski definition) is 0. The number of allylic oxidation sites excluding steroid dienone is 2. The molecular formula is C18H22Y2-4. The van der Waals surface area contributed by atoms with Crippen LogP contribution in [0.3, 0.4) is 0 Å². The van der Waals surface area contributed by atoms with Gasteiger partial charge in [-0.1, -0.05) is 41.5 Å². The van der Waals surface area contributed by atoms with E-state index in [-0.39, 0.29) is 76.2 Å². The summed E-state index contributed by atoms with van der Waals surface area (Å²) in [6.07, 6.45) is 10.6. The van der Waals surface area contributed by atoms with Gasteiger partial charge in [-0.15, -0.1) is 10.8 Å². The zero-order chi connectivity index (χ0) is 13.8. The van der Waals surface area contributed by atoms with Crippen molar-refractivity contribution in [2.75, 3.05) is 0 Å². The third kappa shape index (κ3) is 11.6. The van der Waals surface area contributed by atoms with Crippen LogP contribution in [0.25, 0.3) is 12.2 Å². The number of rotatable bonds is 2. The summed E-state index contributed by atoms with van der Waals surface area (Å²) in [5.74, 6) is 0. The van der Waals surface area contributed by atoms with Crippen molar-refractivity contribution in [2.45, 2.75) is 41.5 Å². The topological polar surface area (TPSA) is 0 Å². The summed E-state index contributed by atoms with van der Waals surface area (Å²) in [5, 5.41) is 0. The average Bonchev–Trinajstić information content (AvgIpc) is 2.23. The third-order valence-electron chi connectivity index (χ3n) is 2.11. The minimum Gasteiger partial charge on any atom is -0.323 e. The van der Waals surface area contributed by atoms with Crippen molar-refractivity contribution in [3.05, 3.63) is 47.5 Å². The summed E-state index contributed by atoms with van der Waals surface area (Å²) in [4.78, 5) is 0. The Bertz CT molecular complexity index is 383. The van der Waals surface area contributed by atoms with E-state index in [1.807, 2.05) is 24.3 Å². The average molecular weight is 416 g/mol. The van der Waals surface area contributed by atoms with E-state index in [4.69, 9.17) is 0 Å². The van der Waals surface area contributed by atoms with Gasteiger partial charge in [-0.2, -0.15) is 0 Å². The van der Waals surface area contributed by atoms with Crippen LogP contribution in [-0.2, 0) is 65.4 Å². The van der Waals surface area contributed by atoms with Crippen LogP contribution in [0, 0.1) is 35.1 Å². The molecule has 20 heavy (non-hydrogen) atoms. The maximum Gasteiger partial charge on any atom is 0 e. The molecule has 0 heterocycles. The van der Waals surface area contributed by atoms with E-state index in [2.05, 4.69) is 65.8 Å². The Morgan fingerprint density at radius 1 is 0.750 bits per heavy atom. The van der Waals surface area contributed by atoms with E-state index in [9.17, 15) is 0 Å².